The Labute approximate surface area is 199 Å². The van der Waals surface area contributed by atoms with E-state index < -0.39 is 27.7 Å². The molecular formula is C24H20F3N3O4S. The van der Waals surface area contributed by atoms with E-state index in [0.29, 0.717) is 22.4 Å². The number of nitrogens with zero attached hydrogens (tertiary/aromatic N) is 1. The first-order chi connectivity index (χ1) is 16.5. The highest BCUT2D eigenvalue weighted by Crippen LogP contribution is 2.43. The molecule has 0 atom stereocenters. The van der Waals surface area contributed by atoms with Gasteiger partial charge in [0.05, 0.1) is 40.6 Å². The number of halogens is 3. The van der Waals surface area contributed by atoms with Gasteiger partial charge in [0.25, 0.3) is 0 Å². The van der Waals surface area contributed by atoms with Gasteiger partial charge in [0.1, 0.15) is 5.75 Å². The molecule has 0 bridgehead atoms. The van der Waals surface area contributed by atoms with Crippen molar-refractivity contribution in [2.24, 2.45) is 10.1 Å². The quantitative estimate of drug-likeness (QED) is 0.517. The topological polar surface area (TPSA) is 111 Å². The van der Waals surface area contributed by atoms with Gasteiger partial charge >= 0.3 is 6.18 Å². The van der Waals surface area contributed by atoms with Gasteiger partial charge in [-0.2, -0.15) is 13.2 Å². The number of amides is 1. The summed E-state index contributed by atoms with van der Waals surface area (Å²) < 4.78 is 69.2. The average molecular weight is 504 g/mol. The summed E-state index contributed by atoms with van der Waals surface area (Å²) in [5.41, 5.74) is 1.14. The predicted octanol–water partition coefficient (Wildman–Crippen LogP) is 4.88. The second-order valence-corrected chi connectivity index (χ2v) is 9.29. The second-order valence-electron chi connectivity index (χ2n) is 7.73. The number of anilines is 1. The molecule has 11 heteroatoms. The number of hydrogen-bond donors (Lipinski definition) is 2. The molecule has 35 heavy (non-hydrogen) atoms. The molecule has 1 amide bonds. The molecule has 3 aromatic carbocycles. The molecule has 3 N–H and O–H groups in total. The van der Waals surface area contributed by atoms with E-state index in [2.05, 4.69) is 10.3 Å². The Hall–Kier alpha value is -3.70. The summed E-state index contributed by atoms with van der Waals surface area (Å²) in [5, 5.41) is 7.71. The van der Waals surface area contributed by atoms with Crippen molar-refractivity contribution >= 4 is 33.0 Å². The van der Waals surface area contributed by atoms with Crippen LogP contribution in [-0.2, 0) is 21.0 Å². The third-order valence-corrected chi connectivity index (χ3v) is 6.16. The summed E-state index contributed by atoms with van der Waals surface area (Å²) in [4.78, 5) is 17.0. The summed E-state index contributed by atoms with van der Waals surface area (Å²) in [6.07, 6.45) is -4.86. The number of hydrogen-bond acceptors (Lipinski definition) is 5. The van der Waals surface area contributed by atoms with E-state index in [1.54, 1.807) is 43.3 Å². The highest BCUT2D eigenvalue weighted by molar-refractivity contribution is 7.89. The van der Waals surface area contributed by atoms with Crippen LogP contribution in [-0.4, -0.2) is 26.6 Å². The van der Waals surface area contributed by atoms with Crippen LogP contribution >= 0.6 is 0 Å². The fourth-order valence-corrected chi connectivity index (χ4v) is 4.25. The first-order valence-corrected chi connectivity index (χ1v) is 12.0. The van der Waals surface area contributed by atoms with Gasteiger partial charge in [-0.15, -0.1) is 0 Å². The highest BCUT2D eigenvalue weighted by atomic mass is 32.2. The van der Waals surface area contributed by atoms with E-state index in [0.717, 1.165) is 12.1 Å². The van der Waals surface area contributed by atoms with E-state index in [1.807, 2.05) is 0 Å². The number of primary sulfonamides is 1. The number of sulfonamides is 1. The van der Waals surface area contributed by atoms with Crippen LogP contribution in [0.5, 0.6) is 5.75 Å². The van der Waals surface area contributed by atoms with E-state index in [4.69, 9.17) is 9.88 Å². The molecule has 0 unspecified atom stereocenters. The van der Waals surface area contributed by atoms with Crippen LogP contribution in [0.25, 0.3) is 11.1 Å². The molecule has 4 rings (SSSR count). The van der Waals surface area contributed by atoms with Crippen LogP contribution in [0.1, 0.15) is 24.5 Å². The minimum atomic E-state index is -4.68. The first-order valence-electron chi connectivity index (χ1n) is 10.4. The summed E-state index contributed by atoms with van der Waals surface area (Å²) in [6, 6.07) is 14.9. The number of ether oxygens (including phenoxy) is 1. The van der Waals surface area contributed by atoms with Crippen LogP contribution in [0.2, 0.25) is 0 Å². The molecule has 1 aliphatic rings. The molecule has 1 aliphatic heterocycles. The number of nitrogens with one attached hydrogen (secondary N) is 1. The molecule has 0 radical (unpaired) electrons. The van der Waals surface area contributed by atoms with Crippen molar-refractivity contribution in [2.45, 2.75) is 24.4 Å². The zero-order chi connectivity index (χ0) is 25.4. The van der Waals surface area contributed by atoms with E-state index >= 15 is 0 Å². The van der Waals surface area contributed by atoms with Gasteiger partial charge in [0.15, 0.2) is 0 Å². The lowest BCUT2D eigenvalue weighted by Gasteiger charge is -2.16. The highest BCUT2D eigenvalue weighted by Gasteiger charge is 2.36. The van der Waals surface area contributed by atoms with E-state index in [1.165, 1.54) is 12.1 Å². The summed E-state index contributed by atoms with van der Waals surface area (Å²) in [7, 11) is -3.90. The second kappa shape index (κ2) is 9.16. The molecule has 0 saturated heterocycles. The minimum absolute atomic E-state index is 0.0183. The normalized spacial score (nSPS) is 14.0. The number of carbonyl (C=O) groups excluding carboxylic acids is 1. The molecule has 3 aromatic rings. The van der Waals surface area contributed by atoms with E-state index in [9.17, 15) is 26.4 Å². The Balaban J connectivity index is 1.81. The third-order valence-electron chi connectivity index (χ3n) is 5.25. The molecule has 0 aromatic heterocycles. The van der Waals surface area contributed by atoms with Gasteiger partial charge in [-0.05, 0) is 47.9 Å². The maximum absolute atomic E-state index is 13.5. The van der Waals surface area contributed by atoms with Crippen molar-refractivity contribution in [1.29, 1.82) is 0 Å². The standard InChI is InChI=1S/C24H20F3N3O4S/c1-2-34-22-12-21-20(11-18(22)24(25,26)27)30-23(31)13-19(29-21)16-7-3-5-14(9-16)15-6-4-8-17(10-15)35(28,32)33/h3-12H,2,13H2,1H3,(H,30,31)(H2,28,32,33). The fraction of sp³-hybridized carbons (Fsp3) is 0.167. The van der Waals surface area contributed by atoms with Crippen LogP contribution in [0.15, 0.2) is 70.6 Å². The van der Waals surface area contributed by atoms with Crippen molar-refractivity contribution in [1.82, 2.24) is 0 Å². The van der Waals surface area contributed by atoms with Crippen LogP contribution < -0.4 is 15.2 Å². The largest absolute Gasteiger partial charge is 0.493 e. The Bertz CT molecular complexity index is 1450. The van der Waals surface area contributed by atoms with Crippen molar-refractivity contribution in [2.75, 3.05) is 11.9 Å². The fourth-order valence-electron chi connectivity index (χ4n) is 3.69. The zero-order valence-corrected chi connectivity index (χ0v) is 19.2. The van der Waals surface area contributed by atoms with Gasteiger partial charge in [0, 0.05) is 6.07 Å². The lowest BCUT2D eigenvalue weighted by Crippen LogP contribution is -2.16. The van der Waals surface area contributed by atoms with Crippen molar-refractivity contribution < 1.29 is 31.1 Å². The van der Waals surface area contributed by atoms with Gasteiger partial charge in [-0.1, -0.05) is 30.3 Å². The number of aliphatic imine (C=N–C) groups is 1. The lowest BCUT2D eigenvalue weighted by molar-refractivity contribution is -0.138. The van der Waals surface area contributed by atoms with Gasteiger partial charge in [0.2, 0.25) is 15.9 Å². The summed E-state index contributed by atoms with van der Waals surface area (Å²) in [5.74, 6) is -0.909. The number of nitrogens with two attached hydrogens (primary N) is 1. The Morgan fingerprint density at radius 2 is 1.69 bits per heavy atom. The molecule has 1 heterocycles. The van der Waals surface area contributed by atoms with Crippen molar-refractivity contribution in [3.8, 4) is 16.9 Å². The van der Waals surface area contributed by atoms with Crippen LogP contribution in [0.4, 0.5) is 24.5 Å². The maximum atomic E-state index is 13.5. The number of fused-ring (bicyclic) bond motifs is 1. The average Bonchev–Trinajstić information content (AvgIpc) is 2.95. The number of alkyl halides is 3. The molecule has 0 saturated carbocycles. The van der Waals surface area contributed by atoms with Gasteiger partial charge in [-0.3, -0.25) is 4.79 Å². The predicted molar refractivity (Wildman–Crippen MR) is 125 cm³/mol. The monoisotopic (exact) mass is 503 g/mol. The lowest BCUT2D eigenvalue weighted by atomic mass is 9.99. The van der Waals surface area contributed by atoms with Crippen molar-refractivity contribution in [3.63, 3.8) is 0 Å². The molecule has 7 nitrogen and oxygen atoms in total. The Morgan fingerprint density at radius 3 is 2.34 bits per heavy atom. The smallest absolute Gasteiger partial charge is 0.420 e. The summed E-state index contributed by atoms with van der Waals surface area (Å²) in [6.45, 7) is 1.59. The zero-order valence-electron chi connectivity index (χ0n) is 18.4. The Kier molecular flexibility index (Phi) is 6.39. The molecule has 0 spiro atoms. The molecule has 182 valence electrons. The molecular weight excluding hydrogens is 483 g/mol. The third kappa shape index (κ3) is 5.36. The molecule has 0 fully saturated rings. The van der Waals surface area contributed by atoms with Gasteiger partial charge in [-0.25, -0.2) is 18.5 Å². The minimum Gasteiger partial charge on any atom is -0.493 e. The molecule has 0 aliphatic carbocycles. The number of carbonyl (C=O) groups is 1. The maximum Gasteiger partial charge on any atom is 0.420 e. The van der Waals surface area contributed by atoms with Crippen molar-refractivity contribution in [3.05, 3.63) is 71.8 Å². The van der Waals surface area contributed by atoms with Crippen LogP contribution in [0.3, 0.4) is 0 Å². The Morgan fingerprint density at radius 1 is 1.03 bits per heavy atom. The van der Waals surface area contributed by atoms with E-state index in [-0.39, 0.29) is 35.0 Å². The number of rotatable bonds is 5. The van der Waals surface area contributed by atoms with Crippen LogP contribution in [0, 0.1) is 0 Å². The number of benzene rings is 3. The SMILES string of the molecule is CCOc1cc2c(cc1C(F)(F)F)NC(=O)CC(c1cccc(-c3cccc(S(N)(=O)=O)c3)c1)=N2. The summed E-state index contributed by atoms with van der Waals surface area (Å²) >= 11 is 0. The van der Waals surface area contributed by atoms with Gasteiger partial charge < -0.3 is 10.1 Å². The first kappa shape index (κ1) is 24.4.